The molecule has 0 aliphatic heterocycles. The van der Waals surface area contributed by atoms with Crippen LogP contribution >= 0.6 is 0 Å². The number of aromatic nitrogens is 4. The van der Waals surface area contributed by atoms with Gasteiger partial charge in [-0.15, -0.1) is 0 Å². The number of nitrogens with one attached hydrogen (secondary N) is 2. The summed E-state index contributed by atoms with van der Waals surface area (Å²) in [4.78, 5) is 8.22. The number of ether oxygens (including phenoxy) is 1. The van der Waals surface area contributed by atoms with Gasteiger partial charge in [-0.2, -0.15) is 5.10 Å². The van der Waals surface area contributed by atoms with E-state index in [1.165, 1.54) is 6.33 Å². The number of fused-ring (bicyclic) bond motifs is 1. The number of anilines is 1. The van der Waals surface area contributed by atoms with Crippen molar-refractivity contribution in [3.05, 3.63) is 42.4 Å². The van der Waals surface area contributed by atoms with E-state index in [9.17, 15) is 8.78 Å². The monoisotopic (exact) mass is 305 g/mol. The quantitative estimate of drug-likeness (QED) is 0.732. The molecule has 2 aromatic heterocycles. The number of aromatic amines is 1. The second kappa shape index (κ2) is 6.33. The van der Waals surface area contributed by atoms with Gasteiger partial charge in [0, 0.05) is 6.54 Å². The van der Waals surface area contributed by atoms with E-state index in [2.05, 4.69) is 25.5 Å². The maximum Gasteiger partial charge on any atom is 0.272 e. The number of nitrogens with zero attached hydrogens (tertiary/aromatic N) is 3. The number of H-pyrrole nitrogens is 1. The van der Waals surface area contributed by atoms with Crippen molar-refractivity contribution < 1.29 is 13.5 Å². The molecule has 0 saturated carbocycles. The van der Waals surface area contributed by atoms with E-state index < -0.39 is 13.0 Å². The summed E-state index contributed by atoms with van der Waals surface area (Å²) >= 11 is 0. The Morgan fingerprint density at radius 2 is 2.18 bits per heavy atom. The fourth-order valence-electron chi connectivity index (χ4n) is 2.00. The van der Waals surface area contributed by atoms with Crippen molar-refractivity contribution in [2.45, 2.75) is 13.0 Å². The minimum absolute atomic E-state index is 0.413. The molecule has 0 saturated heterocycles. The molecule has 0 aliphatic carbocycles. The maximum absolute atomic E-state index is 12.1. The third kappa shape index (κ3) is 3.27. The van der Waals surface area contributed by atoms with Crippen molar-refractivity contribution in [2.75, 3.05) is 11.9 Å². The number of rotatable bonds is 6. The molecule has 2 heterocycles. The molecule has 1 aromatic carbocycles. The van der Waals surface area contributed by atoms with Crippen molar-refractivity contribution >= 4 is 16.9 Å². The Balaban J connectivity index is 1.68. The predicted octanol–water partition coefficient (Wildman–Crippen LogP) is 2.61. The molecule has 0 amide bonds. The Hall–Kier alpha value is -2.77. The first-order valence-electron chi connectivity index (χ1n) is 6.60. The summed E-state index contributed by atoms with van der Waals surface area (Å²) in [6.45, 7) is -0.137. The summed E-state index contributed by atoms with van der Waals surface area (Å²) < 4.78 is 29.3. The second-order valence-electron chi connectivity index (χ2n) is 4.56. The molecule has 2 N–H and O–H groups in total. The zero-order valence-corrected chi connectivity index (χ0v) is 11.5. The van der Waals surface area contributed by atoms with E-state index in [0.29, 0.717) is 23.8 Å². The number of halogens is 2. The van der Waals surface area contributed by atoms with Gasteiger partial charge in [0.2, 0.25) is 0 Å². The lowest BCUT2D eigenvalue weighted by atomic mass is 10.2. The van der Waals surface area contributed by atoms with Crippen LogP contribution in [0.3, 0.4) is 0 Å². The van der Waals surface area contributed by atoms with Crippen molar-refractivity contribution in [1.29, 1.82) is 0 Å². The van der Waals surface area contributed by atoms with Crippen LogP contribution in [0.25, 0.3) is 11.0 Å². The van der Waals surface area contributed by atoms with Gasteiger partial charge in [-0.05, 0) is 17.7 Å². The largest absolute Gasteiger partial charge is 0.488 e. The molecule has 0 radical (unpaired) electrons. The molecule has 0 bridgehead atoms. The van der Waals surface area contributed by atoms with Crippen LogP contribution < -0.4 is 10.1 Å². The normalized spacial score (nSPS) is 11.0. The van der Waals surface area contributed by atoms with Gasteiger partial charge in [0.1, 0.15) is 24.5 Å². The average molecular weight is 305 g/mol. The molecule has 6 nitrogen and oxygen atoms in total. The molecule has 0 aliphatic rings. The van der Waals surface area contributed by atoms with Crippen LogP contribution in [0.5, 0.6) is 5.75 Å². The van der Waals surface area contributed by atoms with Gasteiger partial charge < -0.3 is 10.1 Å². The van der Waals surface area contributed by atoms with E-state index >= 15 is 0 Å². The van der Waals surface area contributed by atoms with Gasteiger partial charge in [0.15, 0.2) is 5.65 Å². The summed E-state index contributed by atoms with van der Waals surface area (Å²) in [5.74, 6) is 1.06. The van der Waals surface area contributed by atoms with E-state index in [0.717, 1.165) is 10.9 Å². The van der Waals surface area contributed by atoms with E-state index in [-0.39, 0.29) is 0 Å². The average Bonchev–Trinajstić information content (AvgIpc) is 3.00. The zero-order chi connectivity index (χ0) is 15.4. The Bertz CT molecular complexity index is 762. The molecular formula is C14H13F2N5O. The highest BCUT2D eigenvalue weighted by atomic mass is 19.3. The van der Waals surface area contributed by atoms with Crippen LogP contribution in [0.2, 0.25) is 0 Å². The minimum atomic E-state index is -2.49. The summed E-state index contributed by atoms with van der Waals surface area (Å²) in [6, 6.07) is 6.98. The Morgan fingerprint density at radius 3 is 3.05 bits per heavy atom. The first kappa shape index (κ1) is 14.2. The van der Waals surface area contributed by atoms with E-state index in [4.69, 9.17) is 4.74 Å². The highest BCUT2D eigenvalue weighted by molar-refractivity contribution is 5.85. The summed E-state index contributed by atoms with van der Waals surface area (Å²) in [7, 11) is 0. The van der Waals surface area contributed by atoms with Crippen molar-refractivity contribution in [3.63, 3.8) is 0 Å². The number of benzene rings is 1. The van der Waals surface area contributed by atoms with Crippen molar-refractivity contribution in [2.24, 2.45) is 0 Å². The van der Waals surface area contributed by atoms with Crippen LogP contribution in [0.1, 0.15) is 5.56 Å². The van der Waals surface area contributed by atoms with Gasteiger partial charge in [0.25, 0.3) is 6.43 Å². The number of hydrogen-bond donors (Lipinski definition) is 2. The molecule has 3 rings (SSSR count). The van der Waals surface area contributed by atoms with Crippen LogP contribution in [0.4, 0.5) is 14.6 Å². The first-order chi connectivity index (χ1) is 10.7. The molecule has 8 heteroatoms. The fourth-order valence-corrected chi connectivity index (χ4v) is 2.00. The maximum atomic E-state index is 12.1. The Kier molecular flexibility index (Phi) is 4.08. The van der Waals surface area contributed by atoms with Gasteiger partial charge in [-0.1, -0.05) is 12.1 Å². The topological polar surface area (TPSA) is 75.7 Å². The van der Waals surface area contributed by atoms with Gasteiger partial charge in [-0.3, -0.25) is 5.10 Å². The molecule has 0 unspecified atom stereocenters. The number of hydrogen-bond acceptors (Lipinski definition) is 5. The standard InChI is InChI=1S/C14H13F2N5O/c15-12(16)7-22-10-3-1-2-9(4-10)5-17-13-11-6-20-21-14(11)19-8-18-13/h1-4,6,8,12H,5,7H2,(H2,17,18,19,20,21). The van der Waals surface area contributed by atoms with Crippen LogP contribution in [-0.2, 0) is 6.54 Å². The third-order valence-electron chi connectivity index (χ3n) is 2.98. The SMILES string of the molecule is FC(F)COc1cccc(CNc2ncnc3[nH]ncc23)c1. The van der Waals surface area contributed by atoms with Gasteiger partial charge in [0.05, 0.1) is 11.6 Å². The lowest BCUT2D eigenvalue weighted by Crippen LogP contribution is -2.07. The van der Waals surface area contributed by atoms with Gasteiger partial charge in [-0.25, -0.2) is 18.7 Å². The smallest absolute Gasteiger partial charge is 0.272 e. The Morgan fingerprint density at radius 1 is 1.27 bits per heavy atom. The third-order valence-corrected chi connectivity index (χ3v) is 2.98. The Labute approximate surface area is 124 Å². The molecule has 0 spiro atoms. The molecule has 0 fully saturated rings. The highest BCUT2D eigenvalue weighted by Gasteiger charge is 2.06. The zero-order valence-electron chi connectivity index (χ0n) is 11.5. The lowest BCUT2D eigenvalue weighted by Gasteiger charge is -2.09. The van der Waals surface area contributed by atoms with E-state index in [1.54, 1.807) is 24.4 Å². The highest BCUT2D eigenvalue weighted by Crippen LogP contribution is 2.19. The summed E-state index contributed by atoms with van der Waals surface area (Å²) in [6.07, 6.45) is 0.586. The van der Waals surface area contributed by atoms with Crippen molar-refractivity contribution in [3.8, 4) is 5.75 Å². The summed E-state index contributed by atoms with van der Waals surface area (Å²) in [5, 5.41) is 10.6. The van der Waals surface area contributed by atoms with Crippen molar-refractivity contribution in [1.82, 2.24) is 20.2 Å². The number of alkyl halides is 2. The minimum Gasteiger partial charge on any atom is -0.488 e. The van der Waals surface area contributed by atoms with Crippen LogP contribution in [-0.4, -0.2) is 33.2 Å². The fraction of sp³-hybridized carbons (Fsp3) is 0.214. The molecule has 0 atom stereocenters. The van der Waals surface area contributed by atoms with Crippen LogP contribution in [0.15, 0.2) is 36.8 Å². The molecular weight excluding hydrogens is 292 g/mol. The predicted molar refractivity (Wildman–Crippen MR) is 77.0 cm³/mol. The molecule has 3 aromatic rings. The van der Waals surface area contributed by atoms with E-state index in [1.807, 2.05) is 6.07 Å². The second-order valence-corrected chi connectivity index (χ2v) is 4.56. The molecule has 22 heavy (non-hydrogen) atoms. The first-order valence-corrected chi connectivity index (χ1v) is 6.60. The lowest BCUT2D eigenvalue weighted by molar-refractivity contribution is 0.0818. The van der Waals surface area contributed by atoms with Gasteiger partial charge >= 0.3 is 0 Å². The van der Waals surface area contributed by atoms with Crippen LogP contribution in [0, 0.1) is 0 Å². The molecule has 114 valence electrons. The summed E-state index contributed by atoms with van der Waals surface area (Å²) in [5.41, 5.74) is 1.54.